The highest BCUT2D eigenvalue weighted by Gasteiger charge is 2.09. The van der Waals surface area contributed by atoms with Crippen molar-refractivity contribution >= 4 is 0 Å². The Kier molecular flexibility index (Phi) is 10.3. The molecule has 2 unspecified atom stereocenters. The molecule has 0 fully saturated rings. The van der Waals surface area contributed by atoms with Gasteiger partial charge in [0.1, 0.15) is 0 Å². The highest BCUT2D eigenvalue weighted by molar-refractivity contribution is 5.44. The van der Waals surface area contributed by atoms with E-state index in [0.29, 0.717) is 11.8 Å². The minimum atomic E-state index is 0.565. The molecule has 4 nitrogen and oxygen atoms in total. The SMILES string of the molecule is CCC(C)c1ccc(OC)c(OC)c1.CCC(C)c1ccc(OC)c(OC)c1. The van der Waals surface area contributed by atoms with E-state index in [1.54, 1.807) is 28.4 Å². The number of benzene rings is 2. The molecule has 0 aliphatic carbocycles. The predicted molar refractivity (Wildman–Crippen MR) is 117 cm³/mol. The summed E-state index contributed by atoms with van der Waals surface area (Å²) in [5.74, 6) is 4.33. The Morgan fingerprint density at radius 1 is 0.571 bits per heavy atom. The molecule has 0 aliphatic rings. The van der Waals surface area contributed by atoms with Crippen LogP contribution in [0.3, 0.4) is 0 Å². The van der Waals surface area contributed by atoms with Gasteiger partial charge in [-0.2, -0.15) is 0 Å². The summed E-state index contributed by atoms with van der Waals surface area (Å²) in [6, 6.07) is 12.2. The monoisotopic (exact) mass is 388 g/mol. The lowest BCUT2D eigenvalue weighted by Gasteiger charge is -2.13. The van der Waals surface area contributed by atoms with Gasteiger partial charge in [-0.1, -0.05) is 39.8 Å². The van der Waals surface area contributed by atoms with Crippen LogP contribution >= 0.6 is 0 Å². The van der Waals surface area contributed by atoms with Crippen molar-refractivity contribution in [2.75, 3.05) is 28.4 Å². The van der Waals surface area contributed by atoms with E-state index in [1.165, 1.54) is 11.1 Å². The zero-order chi connectivity index (χ0) is 21.1. The molecule has 2 atom stereocenters. The molecule has 0 radical (unpaired) electrons. The van der Waals surface area contributed by atoms with Gasteiger partial charge in [-0.15, -0.1) is 0 Å². The summed E-state index contributed by atoms with van der Waals surface area (Å²) in [7, 11) is 6.64. The largest absolute Gasteiger partial charge is 0.493 e. The van der Waals surface area contributed by atoms with Gasteiger partial charge in [-0.25, -0.2) is 0 Å². The first kappa shape index (κ1) is 23.7. The van der Waals surface area contributed by atoms with Crippen molar-refractivity contribution in [2.24, 2.45) is 0 Å². The van der Waals surface area contributed by atoms with Crippen molar-refractivity contribution in [3.05, 3.63) is 47.5 Å². The summed E-state index contributed by atoms with van der Waals surface area (Å²) in [4.78, 5) is 0. The molecule has 0 N–H and O–H groups in total. The zero-order valence-electron chi connectivity index (χ0n) is 18.7. The van der Waals surface area contributed by atoms with Gasteiger partial charge in [0.25, 0.3) is 0 Å². The van der Waals surface area contributed by atoms with Crippen LogP contribution in [-0.2, 0) is 0 Å². The number of hydrogen-bond donors (Lipinski definition) is 0. The average Bonchev–Trinajstić information content (AvgIpc) is 2.77. The topological polar surface area (TPSA) is 36.9 Å². The summed E-state index contributed by atoms with van der Waals surface area (Å²) in [5.41, 5.74) is 2.59. The highest BCUT2D eigenvalue weighted by Crippen LogP contribution is 2.32. The van der Waals surface area contributed by atoms with Crippen molar-refractivity contribution in [3.8, 4) is 23.0 Å². The molecule has 0 saturated heterocycles. The average molecular weight is 389 g/mol. The summed E-state index contributed by atoms with van der Waals surface area (Å²) in [6.45, 7) is 8.78. The van der Waals surface area contributed by atoms with Crippen molar-refractivity contribution in [2.45, 2.75) is 52.4 Å². The van der Waals surface area contributed by atoms with Crippen LogP contribution in [0.15, 0.2) is 36.4 Å². The summed E-state index contributed by atoms with van der Waals surface area (Å²) < 4.78 is 20.9. The summed E-state index contributed by atoms with van der Waals surface area (Å²) in [5, 5.41) is 0. The highest BCUT2D eigenvalue weighted by atomic mass is 16.5. The van der Waals surface area contributed by atoms with Gasteiger partial charge in [0.15, 0.2) is 23.0 Å². The van der Waals surface area contributed by atoms with E-state index in [-0.39, 0.29) is 0 Å². The maximum Gasteiger partial charge on any atom is 0.160 e. The van der Waals surface area contributed by atoms with Crippen molar-refractivity contribution in [1.82, 2.24) is 0 Å². The molecule has 2 rings (SSSR count). The van der Waals surface area contributed by atoms with Gasteiger partial charge in [0.05, 0.1) is 28.4 Å². The summed E-state index contributed by atoms with van der Waals surface area (Å²) >= 11 is 0. The minimum Gasteiger partial charge on any atom is -0.493 e. The molecule has 0 saturated carbocycles. The molecule has 2 aromatic carbocycles. The third-order valence-corrected chi connectivity index (χ3v) is 5.18. The first-order valence-corrected chi connectivity index (χ1v) is 9.89. The fourth-order valence-corrected chi connectivity index (χ4v) is 2.79. The molecule has 156 valence electrons. The quantitative estimate of drug-likeness (QED) is 0.522. The standard InChI is InChI=1S/2C12H18O2/c2*1-5-9(2)10-6-7-11(13-3)12(8-10)14-4/h2*6-9H,5H2,1-4H3. The molecule has 0 aromatic heterocycles. The van der Waals surface area contributed by atoms with Gasteiger partial charge in [0.2, 0.25) is 0 Å². The molecule has 0 amide bonds. The van der Waals surface area contributed by atoms with E-state index in [4.69, 9.17) is 18.9 Å². The molecule has 4 heteroatoms. The molecule has 0 aliphatic heterocycles. The normalized spacial score (nSPS) is 12.3. The van der Waals surface area contributed by atoms with E-state index < -0.39 is 0 Å². The molecule has 0 bridgehead atoms. The Morgan fingerprint density at radius 2 is 0.893 bits per heavy atom. The second kappa shape index (κ2) is 12.2. The van der Waals surface area contributed by atoms with Gasteiger partial charge < -0.3 is 18.9 Å². The third-order valence-electron chi connectivity index (χ3n) is 5.18. The predicted octanol–water partition coefficient (Wildman–Crippen LogP) is 6.43. The lowest BCUT2D eigenvalue weighted by Crippen LogP contribution is -1.95. The Hall–Kier alpha value is -2.36. The molecule has 2 aromatic rings. The molecular formula is C24H36O4. The zero-order valence-corrected chi connectivity index (χ0v) is 18.7. The van der Waals surface area contributed by atoms with Crippen molar-refractivity contribution in [1.29, 1.82) is 0 Å². The Morgan fingerprint density at radius 3 is 1.14 bits per heavy atom. The Bertz CT molecular complexity index is 650. The fraction of sp³-hybridized carbons (Fsp3) is 0.500. The first-order valence-electron chi connectivity index (χ1n) is 9.89. The number of rotatable bonds is 8. The Balaban J connectivity index is 0.000000280. The minimum absolute atomic E-state index is 0.565. The number of hydrogen-bond acceptors (Lipinski definition) is 4. The maximum absolute atomic E-state index is 5.25. The number of ether oxygens (including phenoxy) is 4. The molecule has 0 heterocycles. The molecule has 28 heavy (non-hydrogen) atoms. The smallest absolute Gasteiger partial charge is 0.160 e. The van der Waals surface area contributed by atoms with Crippen LogP contribution in [-0.4, -0.2) is 28.4 Å². The lowest BCUT2D eigenvalue weighted by atomic mass is 9.98. The van der Waals surface area contributed by atoms with Crippen LogP contribution in [0.5, 0.6) is 23.0 Å². The van der Waals surface area contributed by atoms with Crippen molar-refractivity contribution < 1.29 is 18.9 Å². The van der Waals surface area contributed by atoms with Crippen LogP contribution in [0.4, 0.5) is 0 Å². The maximum atomic E-state index is 5.25. The van der Waals surface area contributed by atoms with Crippen LogP contribution < -0.4 is 18.9 Å². The summed E-state index contributed by atoms with van der Waals surface area (Å²) in [6.07, 6.45) is 2.27. The second-order valence-electron chi connectivity index (χ2n) is 6.85. The van der Waals surface area contributed by atoms with Crippen LogP contribution in [0.2, 0.25) is 0 Å². The third kappa shape index (κ3) is 6.36. The van der Waals surface area contributed by atoms with Crippen LogP contribution in [0, 0.1) is 0 Å². The fourth-order valence-electron chi connectivity index (χ4n) is 2.79. The van der Waals surface area contributed by atoms with E-state index >= 15 is 0 Å². The van der Waals surface area contributed by atoms with E-state index in [0.717, 1.165) is 35.8 Å². The van der Waals surface area contributed by atoms with Gasteiger partial charge >= 0.3 is 0 Å². The van der Waals surface area contributed by atoms with Crippen LogP contribution in [0.1, 0.15) is 63.5 Å². The van der Waals surface area contributed by atoms with Crippen LogP contribution in [0.25, 0.3) is 0 Å². The van der Waals surface area contributed by atoms with Crippen molar-refractivity contribution in [3.63, 3.8) is 0 Å². The lowest BCUT2D eigenvalue weighted by molar-refractivity contribution is 0.354. The second-order valence-corrected chi connectivity index (χ2v) is 6.85. The first-order chi connectivity index (χ1) is 13.4. The van der Waals surface area contributed by atoms with E-state index in [1.807, 2.05) is 24.3 Å². The van der Waals surface area contributed by atoms with Gasteiger partial charge in [-0.3, -0.25) is 0 Å². The number of methoxy groups -OCH3 is 4. The Labute approximate surface area is 170 Å². The molecular weight excluding hydrogens is 352 g/mol. The van der Waals surface area contributed by atoms with Gasteiger partial charge in [-0.05, 0) is 60.1 Å². The van der Waals surface area contributed by atoms with E-state index in [9.17, 15) is 0 Å². The molecule has 0 spiro atoms. The van der Waals surface area contributed by atoms with Gasteiger partial charge in [0, 0.05) is 0 Å². The van der Waals surface area contributed by atoms with E-state index in [2.05, 4.69) is 39.8 Å².